The average molecular weight is 395 g/mol. The van der Waals surface area contributed by atoms with Crippen molar-refractivity contribution in [1.82, 2.24) is 14.9 Å². The molecule has 0 N–H and O–H groups in total. The molecule has 3 heterocycles. The molecule has 148 valence electrons. The number of likely N-dealkylation sites (N-methyl/N-ethyl adjacent to an activating group) is 1. The van der Waals surface area contributed by atoms with Crippen LogP contribution in [-0.2, 0) is 14.1 Å². The first kappa shape index (κ1) is 20.4. The Bertz CT molecular complexity index is 670. The first-order chi connectivity index (χ1) is 12.6. The molecule has 0 aromatic carbocycles. The Morgan fingerprint density at radius 2 is 1.89 bits per heavy atom. The van der Waals surface area contributed by atoms with Gasteiger partial charge in [0, 0.05) is 44.0 Å². The van der Waals surface area contributed by atoms with Gasteiger partial charge in [-0.15, -0.1) is 11.6 Å². The average Bonchev–Trinajstić information content (AvgIpc) is 2.88. The van der Waals surface area contributed by atoms with Crippen LogP contribution in [0.5, 0.6) is 0 Å². The van der Waals surface area contributed by atoms with E-state index in [4.69, 9.17) is 20.9 Å². The normalized spacial score (nSPS) is 24.1. The Hall–Kier alpha value is -1.38. The number of likely N-dealkylation sites (tertiary alicyclic amines) is 1. The van der Waals surface area contributed by atoms with Crippen molar-refractivity contribution in [3.63, 3.8) is 0 Å². The number of piperidine rings is 1. The predicted octanol–water partition coefficient (Wildman–Crippen LogP) is 1.44. The number of anilines is 1. The van der Waals surface area contributed by atoms with Crippen LogP contribution in [0.2, 0.25) is 0 Å². The molecule has 0 unspecified atom stereocenters. The standard InChI is InChI=1S/C18H28BClN4O3/c1-17(2)18(3,4)27-19(26-17)13-10-21-16(22-11-13)23(5)14-7-6-8-24(12-14)15(25)9-20/h10-11,14H,6-9,12H2,1-5H3/t14-/m1/s1. The third kappa shape index (κ3) is 4.07. The van der Waals surface area contributed by atoms with E-state index in [9.17, 15) is 4.79 Å². The number of carbonyl (C=O) groups is 1. The minimum atomic E-state index is -0.471. The van der Waals surface area contributed by atoms with Crippen molar-refractivity contribution in [3.05, 3.63) is 12.4 Å². The molecule has 1 amide bonds. The van der Waals surface area contributed by atoms with Gasteiger partial charge in [0.2, 0.25) is 11.9 Å². The maximum absolute atomic E-state index is 11.9. The second-order valence-electron chi connectivity index (χ2n) is 8.28. The van der Waals surface area contributed by atoms with Crippen LogP contribution >= 0.6 is 11.6 Å². The third-order valence-corrected chi connectivity index (χ3v) is 6.14. The number of hydrogen-bond donors (Lipinski definition) is 0. The Balaban J connectivity index is 1.68. The monoisotopic (exact) mass is 394 g/mol. The van der Waals surface area contributed by atoms with Crippen LogP contribution in [0.25, 0.3) is 0 Å². The van der Waals surface area contributed by atoms with Gasteiger partial charge in [-0.25, -0.2) is 9.97 Å². The van der Waals surface area contributed by atoms with Crippen molar-refractivity contribution in [2.24, 2.45) is 0 Å². The molecule has 0 aliphatic carbocycles. The van der Waals surface area contributed by atoms with Crippen LogP contribution in [0.3, 0.4) is 0 Å². The summed E-state index contributed by atoms with van der Waals surface area (Å²) in [6, 6.07) is 0.175. The highest BCUT2D eigenvalue weighted by atomic mass is 35.5. The van der Waals surface area contributed by atoms with E-state index >= 15 is 0 Å². The first-order valence-corrected chi connectivity index (χ1v) is 9.92. The second kappa shape index (κ2) is 7.56. The van der Waals surface area contributed by atoms with Crippen molar-refractivity contribution in [2.45, 2.75) is 57.8 Å². The summed E-state index contributed by atoms with van der Waals surface area (Å²) in [6.07, 6.45) is 5.45. The number of carbonyl (C=O) groups excluding carboxylic acids is 1. The molecule has 1 aromatic heterocycles. The number of nitrogens with zero attached hydrogens (tertiary/aromatic N) is 4. The molecule has 27 heavy (non-hydrogen) atoms. The van der Waals surface area contributed by atoms with Gasteiger partial charge in [-0.1, -0.05) is 0 Å². The van der Waals surface area contributed by atoms with Gasteiger partial charge in [0.25, 0.3) is 0 Å². The Morgan fingerprint density at radius 3 is 2.44 bits per heavy atom. The number of halogens is 1. The van der Waals surface area contributed by atoms with Crippen LogP contribution < -0.4 is 10.4 Å². The van der Waals surface area contributed by atoms with Crippen molar-refractivity contribution < 1.29 is 14.1 Å². The van der Waals surface area contributed by atoms with Crippen LogP contribution in [0.4, 0.5) is 5.95 Å². The molecule has 2 saturated heterocycles. The molecule has 0 spiro atoms. The number of rotatable bonds is 4. The molecular formula is C18H28BClN4O3. The van der Waals surface area contributed by atoms with E-state index in [0.717, 1.165) is 24.8 Å². The molecule has 9 heteroatoms. The van der Waals surface area contributed by atoms with E-state index in [1.54, 1.807) is 12.4 Å². The molecule has 2 aliphatic heterocycles. The lowest BCUT2D eigenvalue weighted by Crippen LogP contribution is -2.49. The highest BCUT2D eigenvalue weighted by molar-refractivity contribution is 6.61. The van der Waals surface area contributed by atoms with Crippen LogP contribution in [0, 0.1) is 0 Å². The molecule has 0 bridgehead atoms. The largest absolute Gasteiger partial charge is 0.498 e. The molecule has 2 aliphatic rings. The summed E-state index contributed by atoms with van der Waals surface area (Å²) in [4.78, 5) is 24.7. The van der Waals surface area contributed by atoms with Crippen LogP contribution in [0.15, 0.2) is 12.4 Å². The molecule has 0 radical (unpaired) electrons. The van der Waals surface area contributed by atoms with Crippen molar-refractivity contribution in [1.29, 1.82) is 0 Å². The fourth-order valence-electron chi connectivity index (χ4n) is 3.36. The lowest BCUT2D eigenvalue weighted by molar-refractivity contribution is -0.129. The molecule has 3 rings (SSSR count). The van der Waals surface area contributed by atoms with E-state index in [1.807, 2.05) is 44.5 Å². The van der Waals surface area contributed by atoms with Gasteiger partial charge in [0.1, 0.15) is 5.88 Å². The van der Waals surface area contributed by atoms with Gasteiger partial charge < -0.3 is 19.1 Å². The summed E-state index contributed by atoms with van der Waals surface area (Å²) in [5, 5.41) is 0. The zero-order chi connectivity index (χ0) is 19.8. The van der Waals surface area contributed by atoms with Crippen molar-refractivity contribution in [2.75, 3.05) is 30.9 Å². The summed E-state index contributed by atoms with van der Waals surface area (Å²) in [7, 11) is 1.49. The summed E-state index contributed by atoms with van der Waals surface area (Å²) in [5.74, 6) is 0.627. The Kier molecular flexibility index (Phi) is 5.70. The molecule has 2 fully saturated rings. The van der Waals surface area contributed by atoms with Crippen LogP contribution in [-0.4, -0.2) is 71.2 Å². The predicted molar refractivity (Wildman–Crippen MR) is 106 cm³/mol. The number of alkyl halides is 1. The van der Waals surface area contributed by atoms with Gasteiger partial charge in [-0.05, 0) is 40.5 Å². The number of amides is 1. The lowest BCUT2D eigenvalue weighted by atomic mass is 9.81. The van der Waals surface area contributed by atoms with E-state index in [1.165, 1.54) is 0 Å². The maximum atomic E-state index is 11.9. The molecular weight excluding hydrogens is 366 g/mol. The summed E-state index contributed by atoms with van der Waals surface area (Å²) in [5.41, 5.74) is 0.00904. The summed E-state index contributed by atoms with van der Waals surface area (Å²) < 4.78 is 12.1. The molecule has 1 atom stereocenters. The highest BCUT2D eigenvalue weighted by Crippen LogP contribution is 2.36. The topological polar surface area (TPSA) is 67.8 Å². The van der Waals surface area contributed by atoms with Gasteiger partial charge in [0.05, 0.1) is 11.2 Å². The number of aromatic nitrogens is 2. The van der Waals surface area contributed by atoms with Gasteiger partial charge in [0.15, 0.2) is 0 Å². The van der Waals surface area contributed by atoms with Gasteiger partial charge in [-0.2, -0.15) is 0 Å². The lowest BCUT2D eigenvalue weighted by Gasteiger charge is -2.37. The second-order valence-corrected chi connectivity index (χ2v) is 8.55. The van der Waals surface area contributed by atoms with Crippen molar-refractivity contribution >= 4 is 36.0 Å². The zero-order valence-electron chi connectivity index (χ0n) is 16.7. The fraction of sp³-hybridized carbons (Fsp3) is 0.722. The van der Waals surface area contributed by atoms with Gasteiger partial charge >= 0.3 is 7.12 Å². The maximum Gasteiger partial charge on any atom is 0.498 e. The smallest absolute Gasteiger partial charge is 0.399 e. The SMILES string of the molecule is CN(c1ncc(B2OC(C)(C)C(C)(C)O2)cn1)[C@@H]1CCCN(C(=O)CCl)C1. The van der Waals surface area contributed by atoms with Gasteiger partial charge in [-0.3, -0.25) is 4.79 Å². The van der Waals surface area contributed by atoms with E-state index in [-0.39, 0.29) is 17.8 Å². The van der Waals surface area contributed by atoms with Crippen LogP contribution in [0.1, 0.15) is 40.5 Å². The van der Waals surface area contributed by atoms with E-state index in [0.29, 0.717) is 12.5 Å². The number of hydrogen-bond acceptors (Lipinski definition) is 6. The first-order valence-electron chi connectivity index (χ1n) is 9.39. The third-order valence-electron chi connectivity index (χ3n) is 5.91. The quantitative estimate of drug-likeness (QED) is 0.569. The molecule has 1 aromatic rings. The zero-order valence-corrected chi connectivity index (χ0v) is 17.5. The van der Waals surface area contributed by atoms with E-state index < -0.39 is 18.3 Å². The Morgan fingerprint density at radius 1 is 1.30 bits per heavy atom. The molecule has 0 saturated carbocycles. The highest BCUT2D eigenvalue weighted by Gasteiger charge is 2.52. The summed E-state index contributed by atoms with van der Waals surface area (Å²) in [6.45, 7) is 9.49. The molecule has 7 nitrogen and oxygen atoms in total. The van der Waals surface area contributed by atoms with Crippen molar-refractivity contribution in [3.8, 4) is 0 Å². The summed E-state index contributed by atoms with van der Waals surface area (Å²) >= 11 is 5.70. The fourth-order valence-corrected chi connectivity index (χ4v) is 3.53. The minimum Gasteiger partial charge on any atom is -0.399 e. The van der Waals surface area contributed by atoms with E-state index in [2.05, 4.69) is 9.97 Å². The Labute approximate surface area is 166 Å². The minimum absolute atomic E-state index is 0.0215.